The molecule has 2 heteroatoms. The highest BCUT2D eigenvalue weighted by molar-refractivity contribution is 7.25. The third-order valence-electron chi connectivity index (χ3n) is 15.3. The number of anilines is 3. The van der Waals surface area contributed by atoms with E-state index in [4.69, 9.17) is 0 Å². The monoisotopic (exact) mass is 891 g/mol. The molecule has 0 unspecified atom stereocenters. The Morgan fingerprint density at radius 2 is 0.725 bits per heavy atom. The zero-order valence-electron chi connectivity index (χ0n) is 37.5. The summed E-state index contributed by atoms with van der Waals surface area (Å²) in [5.74, 6) is 0. The number of benzene rings is 12. The average molecular weight is 892 g/mol. The van der Waals surface area contributed by atoms with Gasteiger partial charge in [-0.1, -0.05) is 200 Å². The van der Waals surface area contributed by atoms with Crippen molar-refractivity contribution in [1.82, 2.24) is 0 Å². The fourth-order valence-corrected chi connectivity index (χ4v) is 13.5. The van der Waals surface area contributed by atoms with Gasteiger partial charge in [-0.2, -0.15) is 0 Å². The van der Waals surface area contributed by atoms with E-state index in [1.165, 1.54) is 119 Å². The Hall–Kier alpha value is -8.56. The summed E-state index contributed by atoms with van der Waals surface area (Å²) in [5, 5.41) is 10.2. The molecule has 1 aromatic heterocycles. The number of hydrogen-bond acceptors (Lipinski definition) is 2. The summed E-state index contributed by atoms with van der Waals surface area (Å²) in [4.78, 5) is 2.55. The molecule has 1 spiro atoms. The lowest BCUT2D eigenvalue weighted by Crippen LogP contribution is -2.26. The highest BCUT2D eigenvalue weighted by Gasteiger charge is 2.52. The molecule has 1 nitrogen and oxygen atoms in total. The van der Waals surface area contributed by atoms with E-state index in [1.54, 1.807) is 0 Å². The summed E-state index contributed by atoms with van der Waals surface area (Å²) in [7, 11) is 0. The first-order valence-electron chi connectivity index (χ1n) is 23.9. The van der Waals surface area contributed by atoms with Gasteiger partial charge < -0.3 is 4.90 Å². The summed E-state index contributed by atoms with van der Waals surface area (Å²) in [5.41, 5.74) is 18.1. The molecule has 69 heavy (non-hydrogen) atoms. The van der Waals surface area contributed by atoms with Crippen LogP contribution in [0.5, 0.6) is 0 Å². The van der Waals surface area contributed by atoms with Gasteiger partial charge in [0.05, 0.1) is 11.1 Å². The lowest BCUT2D eigenvalue weighted by molar-refractivity contribution is 0.794. The number of rotatable bonds is 5. The van der Waals surface area contributed by atoms with Gasteiger partial charge in [-0.05, 0) is 142 Å². The van der Waals surface area contributed by atoms with Gasteiger partial charge in [0.25, 0.3) is 0 Å². The van der Waals surface area contributed by atoms with Crippen LogP contribution in [0.2, 0.25) is 0 Å². The Labute approximate surface area is 404 Å². The first-order valence-corrected chi connectivity index (χ1v) is 24.7. The van der Waals surface area contributed by atoms with Gasteiger partial charge in [-0.15, -0.1) is 11.3 Å². The van der Waals surface area contributed by atoms with Crippen LogP contribution < -0.4 is 4.90 Å². The van der Waals surface area contributed by atoms with E-state index in [0.29, 0.717) is 0 Å². The highest BCUT2D eigenvalue weighted by Crippen LogP contribution is 2.64. The number of fused-ring (bicyclic) bond motifs is 19. The molecule has 0 atom stereocenters. The molecule has 0 bridgehead atoms. The van der Waals surface area contributed by atoms with Gasteiger partial charge in [-0.3, -0.25) is 0 Å². The third-order valence-corrected chi connectivity index (χ3v) is 16.4. The lowest BCUT2D eigenvalue weighted by atomic mass is 9.70. The molecule has 0 saturated heterocycles. The fourth-order valence-electron chi connectivity index (χ4n) is 12.3. The van der Waals surface area contributed by atoms with Crippen molar-refractivity contribution in [3.8, 4) is 44.5 Å². The molecule has 12 aromatic carbocycles. The normalized spacial score (nSPS) is 13.0. The molecular formula is C67H41NS. The maximum absolute atomic E-state index is 2.58. The molecule has 0 N–H and O–H groups in total. The highest BCUT2D eigenvalue weighted by atomic mass is 32.1. The zero-order valence-corrected chi connectivity index (χ0v) is 38.3. The second-order valence-corrected chi connectivity index (χ2v) is 19.8. The van der Waals surface area contributed by atoms with E-state index in [0.717, 1.165) is 17.1 Å². The van der Waals surface area contributed by atoms with Crippen LogP contribution in [0.4, 0.5) is 17.1 Å². The summed E-state index contributed by atoms with van der Waals surface area (Å²) < 4.78 is 2.60. The largest absolute Gasteiger partial charge is 0.310 e. The summed E-state index contributed by atoms with van der Waals surface area (Å²) in [6, 6.07) is 93.4. The molecule has 320 valence electrons. The molecule has 1 heterocycles. The van der Waals surface area contributed by atoms with Gasteiger partial charge >= 0.3 is 0 Å². The maximum Gasteiger partial charge on any atom is 0.0726 e. The third kappa shape index (κ3) is 5.46. The second kappa shape index (κ2) is 14.7. The van der Waals surface area contributed by atoms with Crippen LogP contribution in [0, 0.1) is 0 Å². The Morgan fingerprint density at radius 3 is 1.38 bits per heavy atom. The maximum atomic E-state index is 2.58. The molecule has 2 aliphatic rings. The van der Waals surface area contributed by atoms with Crippen LogP contribution in [0.3, 0.4) is 0 Å². The molecule has 0 saturated carbocycles. The van der Waals surface area contributed by atoms with E-state index < -0.39 is 5.41 Å². The molecular weight excluding hydrogens is 851 g/mol. The smallest absolute Gasteiger partial charge is 0.0726 e. The molecule has 13 aromatic rings. The van der Waals surface area contributed by atoms with Crippen LogP contribution in [0.1, 0.15) is 22.3 Å². The quantitative estimate of drug-likeness (QED) is 0.156. The van der Waals surface area contributed by atoms with Crippen LogP contribution in [0.25, 0.3) is 97.0 Å². The van der Waals surface area contributed by atoms with Crippen molar-refractivity contribution in [1.29, 1.82) is 0 Å². The van der Waals surface area contributed by atoms with Gasteiger partial charge in [-0.25, -0.2) is 0 Å². The minimum absolute atomic E-state index is 0.511. The van der Waals surface area contributed by atoms with Crippen molar-refractivity contribution in [3.05, 3.63) is 271 Å². The van der Waals surface area contributed by atoms with Crippen molar-refractivity contribution in [3.63, 3.8) is 0 Å². The standard InChI is InChI=1S/C67H41NS/c1-2-16-42(17-3-1)43-30-33-45(34-31-43)68(46-35-37-51-49-20-5-4-18-47(49)48-19-6-7-21-50(48)58(51)39-46)64-41-63-59(40-57(64)44-32-36-56-55-25-11-15-29-65(55)69-66(56)38-44)54-24-10-14-28-62(54)67(63)60-26-12-8-22-52(60)53-23-9-13-27-61(53)67/h1-41H. The van der Waals surface area contributed by atoms with E-state index in [9.17, 15) is 0 Å². The molecule has 0 radical (unpaired) electrons. The SMILES string of the molecule is c1ccc(-c2ccc(N(c3ccc4c5ccccc5c5ccccc5c4c3)c3cc4c(cc3-c3ccc5c(c3)sc3ccccc35)-c3ccccc3C43c4ccccc4-c4ccccc43)cc2)cc1. The Morgan fingerprint density at radius 1 is 0.261 bits per heavy atom. The topological polar surface area (TPSA) is 3.24 Å². The van der Waals surface area contributed by atoms with Crippen LogP contribution >= 0.6 is 11.3 Å². The zero-order chi connectivity index (χ0) is 45.2. The second-order valence-electron chi connectivity index (χ2n) is 18.7. The van der Waals surface area contributed by atoms with Crippen molar-refractivity contribution >= 4 is 80.9 Å². The Balaban J connectivity index is 1.07. The summed E-state index contributed by atoms with van der Waals surface area (Å²) in [6.07, 6.45) is 0. The summed E-state index contributed by atoms with van der Waals surface area (Å²) >= 11 is 1.88. The van der Waals surface area contributed by atoms with Crippen LogP contribution in [-0.2, 0) is 5.41 Å². The lowest BCUT2D eigenvalue weighted by Gasteiger charge is -2.33. The number of nitrogens with zero attached hydrogens (tertiary/aromatic N) is 1. The van der Waals surface area contributed by atoms with E-state index in [-0.39, 0.29) is 0 Å². The Kier molecular flexibility index (Phi) is 8.22. The van der Waals surface area contributed by atoms with Gasteiger partial charge in [0.2, 0.25) is 0 Å². The van der Waals surface area contributed by atoms with Crippen molar-refractivity contribution in [2.24, 2.45) is 0 Å². The number of thiophene rings is 1. The molecule has 0 aliphatic heterocycles. The molecule has 2 aliphatic carbocycles. The van der Waals surface area contributed by atoms with Gasteiger partial charge in [0.15, 0.2) is 0 Å². The molecule has 15 rings (SSSR count). The first kappa shape index (κ1) is 38.5. The molecule has 0 fully saturated rings. The molecule has 0 amide bonds. The first-order chi connectivity index (χ1) is 34.2. The van der Waals surface area contributed by atoms with E-state index >= 15 is 0 Å². The van der Waals surface area contributed by atoms with Crippen LogP contribution in [-0.4, -0.2) is 0 Å². The van der Waals surface area contributed by atoms with Crippen molar-refractivity contribution < 1.29 is 0 Å². The minimum atomic E-state index is -0.511. The minimum Gasteiger partial charge on any atom is -0.310 e. The van der Waals surface area contributed by atoms with Gasteiger partial charge in [0, 0.05) is 37.1 Å². The summed E-state index contributed by atoms with van der Waals surface area (Å²) in [6.45, 7) is 0. The van der Waals surface area contributed by atoms with E-state index in [2.05, 4.69) is 254 Å². The number of hydrogen-bond donors (Lipinski definition) is 0. The van der Waals surface area contributed by atoms with E-state index in [1.807, 2.05) is 11.3 Å². The van der Waals surface area contributed by atoms with Crippen molar-refractivity contribution in [2.75, 3.05) is 4.90 Å². The van der Waals surface area contributed by atoms with Crippen LogP contribution in [0.15, 0.2) is 249 Å². The predicted molar refractivity (Wildman–Crippen MR) is 294 cm³/mol. The fraction of sp³-hybridized carbons (Fsp3) is 0.0149. The van der Waals surface area contributed by atoms with Gasteiger partial charge in [0.1, 0.15) is 0 Å². The van der Waals surface area contributed by atoms with Crippen molar-refractivity contribution in [2.45, 2.75) is 5.41 Å². The Bertz CT molecular complexity index is 4170. The predicted octanol–water partition coefficient (Wildman–Crippen LogP) is 18.7. The average Bonchev–Trinajstić information content (AvgIpc) is 4.05.